The average molecular weight is 297 g/mol. The van der Waals surface area contributed by atoms with E-state index in [9.17, 15) is 0 Å². The number of rotatable bonds is 1. The fraction of sp³-hybridized carbons (Fsp3) is 0.810. The van der Waals surface area contributed by atoms with Crippen LogP contribution in [0.15, 0.2) is 17.7 Å². The van der Waals surface area contributed by atoms with Crippen molar-refractivity contribution in [1.82, 2.24) is 0 Å². The normalized spacial score (nSPS) is 50.2. The zero-order valence-electron chi connectivity index (χ0n) is 14.3. The van der Waals surface area contributed by atoms with Crippen LogP contribution < -0.4 is 0 Å². The predicted molar refractivity (Wildman–Crippen MR) is 92.1 cm³/mol. The second kappa shape index (κ2) is 5.10. The van der Waals surface area contributed by atoms with Crippen molar-refractivity contribution in [3.05, 3.63) is 17.7 Å². The first-order valence-corrected chi connectivity index (χ1v) is 9.56. The van der Waals surface area contributed by atoms with Crippen molar-refractivity contribution in [2.24, 2.45) is 34.5 Å². The highest BCUT2D eigenvalue weighted by Gasteiger charge is 2.57. The van der Waals surface area contributed by atoms with E-state index in [0.717, 1.165) is 23.7 Å². The molecule has 0 aromatic rings. The molecule has 0 aromatic heterocycles. The molecule has 0 saturated heterocycles. The molecule has 3 fully saturated rings. The molecule has 0 bridgehead atoms. The molecule has 3 saturated carbocycles. The van der Waals surface area contributed by atoms with Gasteiger partial charge in [-0.1, -0.05) is 32.8 Å². The van der Waals surface area contributed by atoms with Crippen LogP contribution in [0.25, 0.3) is 0 Å². The Bertz CT molecular complexity index is 540. The van der Waals surface area contributed by atoms with Gasteiger partial charge >= 0.3 is 0 Å². The van der Waals surface area contributed by atoms with Gasteiger partial charge in [0.25, 0.3) is 0 Å². The first kappa shape index (κ1) is 14.8. The van der Waals surface area contributed by atoms with Crippen LogP contribution >= 0.6 is 0 Å². The van der Waals surface area contributed by atoms with E-state index >= 15 is 0 Å². The van der Waals surface area contributed by atoms with Crippen LogP contribution in [0.4, 0.5) is 0 Å². The Hall–Kier alpha value is -0.810. The highest BCUT2D eigenvalue weighted by atomic mass is 14.6. The maximum Gasteiger partial charge on any atom is 0.00244 e. The van der Waals surface area contributed by atoms with Gasteiger partial charge in [-0.3, -0.25) is 5.41 Å². The zero-order valence-corrected chi connectivity index (χ0v) is 14.3. The number of fused-ring (bicyclic) bond motifs is 5. The van der Waals surface area contributed by atoms with Gasteiger partial charge in [0.2, 0.25) is 0 Å². The monoisotopic (exact) mass is 297 g/mol. The van der Waals surface area contributed by atoms with Crippen LogP contribution in [-0.4, -0.2) is 5.87 Å². The lowest BCUT2D eigenvalue weighted by Gasteiger charge is -2.60. The summed E-state index contributed by atoms with van der Waals surface area (Å²) in [5, 5.41) is 7.35. The van der Waals surface area contributed by atoms with E-state index in [1.807, 2.05) is 6.08 Å². The first-order chi connectivity index (χ1) is 10.6. The van der Waals surface area contributed by atoms with Crippen molar-refractivity contribution in [3.63, 3.8) is 0 Å². The van der Waals surface area contributed by atoms with Crippen LogP contribution in [0.2, 0.25) is 0 Å². The minimum Gasteiger partial charge on any atom is -0.259 e. The van der Waals surface area contributed by atoms with E-state index < -0.39 is 0 Å². The molecule has 0 radical (unpaired) electrons. The minimum absolute atomic E-state index is 0.340. The lowest BCUT2D eigenvalue weighted by atomic mass is 9.45. The first-order valence-electron chi connectivity index (χ1n) is 9.56. The van der Waals surface area contributed by atoms with Gasteiger partial charge in [-0.05, 0) is 90.9 Å². The largest absolute Gasteiger partial charge is 0.259 e. The van der Waals surface area contributed by atoms with Crippen LogP contribution in [0.3, 0.4) is 0 Å². The SMILES string of the molecule is C[C@]12CCCCC1CC[C@@H]1[C@@H]2CC[C@]2(C)C(C=C=N)=CC[C@@H]12. The standard InChI is InChI=1S/C21H31N/c1-20-12-4-3-5-15(20)6-8-17-18-9-7-16(11-14-22)21(18,2)13-10-19(17)20/h7,11,15,17-19,22H,3-6,8-10,12-13H2,1-2H3/t15?,17-,18-,19-,20-,21+/m0/s1. The maximum atomic E-state index is 7.35. The van der Waals surface area contributed by atoms with E-state index in [0.29, 0.717) is 10.8 Å². The van der Waals surface area contributed by atoms with E-state index in [2.05, 4.69) is 25.8 Å². The van der Waals surface area contributed by atoms with Gasteiger partial charge in [-0.15, -0.1) is 0 Å². The summed E-state index contributed by atoms with van der Waals surface area (Å²) in [5.41, 5.74) is 2.40. The third-order valence-corrected chi connectivity index (χ3v) is 8.45. The molecule has 4 rings (SSSR count). The van der Waals surface area contributed by atoms with Crippen LogP contribution in [-0.2, 0) is 0 Å². The van der Waals surface area contributed by atoms with Gasteiger partial charge in [0, 0.05) is 6.08 Å². The highest BCUT2D eigenvalue weighted by molar-refractivity contribution is 5.56. The number of allylic oxidation sites excluding steroid dienone is 3. The Labute approximate surface area is 135 Å². The number of nitrogens with one attached hydrogen (secondary N) is 1. The number of hydrogen-bond acceptors (Lipinski definition) is 1. The second-order valence-corrected chi connectivity index (χ2v) is 9.04. The van der Waals surface area contributed by atoms with Crippen molar-refractivity contribution in [3.8, 4) is 0 Å². The quantitative estimate of drug-likeness (QED) is 0.595. The molecule has 22 heavy (non-hydrogen) atoms. The molecule has 1 nitrogen and oxygen atoms in total. The fourth-order valence-corrected chi connectivity index (χ4v) is 7.20. The molecule has 0 aromatic carbocycles. The van der Waals surface area contributed by atoms with Crippen molar-refractivity contribution in [2.45, 2.75) is 71.6 Å². The van der Waals surface area contributed by atoms with Crippen molar-refractivity contribution in [2.75, 3.05) is 0 Å². The number of hydrogen-bond donors (Lipinski definition) is 1. The molecule has 0 amide bonds. The molecule has 0 heterocycles. The smallest absolute Gasteiger partial charge is 0.00244 e. The fourth-order valence-electron chi connectivity index (χ4n) is 7.20. The summed E-state index contributed by atoms with van der Waals surface area (Å²) in [4.78, 5) is 0. The molecule has 0 aliphatic heterocycles. The second-order valence-electron chi connectivity index (χ2n) is 9.04. The van der Waals surface area contributed by atoms with Crippen molar-refractivity contribution >= 4 is 5.87 Å². The Morgan fingerprint density at radius 1 is 1.09 bits per heavy atom. The summed E-state index contributed by atoms with van der Waals surface area (Å²) < 4.78 is 0. The topological polar surface area (TPSA) is 23.9 Å². The summed E-state index contributed by atoms with van der Waals surface area (Å²) in [7, 11) is 0. The van der Waals surface area contributed by atoms with Gasteiger partial charge in [-0.25, -0.2) is 0 Å². The van der Waals surface area contributed by atoms with Gasteiger partial charge in [0.1, 0.15) is 0 Å². The van der Waals surface area contributed by atoms with E-state index in [1.54, 1.807) is 0 Å². The molecular formula is C21H31N. The molecule has 0 spiro atoms. The Balaban J connectivity index is 1.64. The molecule has 1 heteroatoms. The van der Waals surface area contributed by atoms with Gasteiger partial charge in [0.05, 0.1) is 0 Å². The summed E-state index contributed by atoms with van der Waals surface area (Å²) in [6, 6.07) is 0. The predicted octanol–water partition coefficient (Wildman–Crippen LogP) is 5.76. The summed E-state index contributed by atoms with van der Waals surface area (Å²) >= 11 is 0. The highest BCUT2D eigenvalue weighted by Crippen LogP contribution is 2.66. The molecular weight excluding hydrogens is 266 g/mol. The Morgan fingerprint density at radius 2 is 1.95 bits per heavy atom. The van der Waals surface area contributed by atoms with Crippen LogP contribution in [0.1, 0.15) is 71.6 Å². The zero-order chi connectivity index (χ0) is 15.4. The minimum atomic E-state index is 0.340. The van der Waals surface area contributed by atoms with Crippen LogP contribution in [0.5, 0.6) is 0 Å². The maximum absolute atomic E-state index is 7.35. The van der Waals surface area contributed by atoms with Gasteiger partial charge in [0.15, 0.2) is 0 Å². The van der Waals surface area contributed by atoms with E-state index in [4.69, 9.17) is 5.41 Å². The van der Waals surface area contributed by atoms with E-state index in [1.165, 1.54) is 63.4 Å². The molecule has 4 aliphatic rings. The molecule has 120 valence electrons. The van der Waals surface area contributed by atoms with Gasteiger partial charge in [-0.2, -0.15) is 0 Å². The third-order valence-electron chi connectivity index (χ3n) is 8.45. The van der Waals surface area contributed by atoms with Crippen molar-refractivity contribution in [1.29, 1.82) is 5.41 Å². The van der Waals surface area contributed by atoms with Crippen molar-refractivity contribution < 1.29 is 0 Å². The lowest BCUT2D eigenvalue weighted by Crippen LogP contribution is -2.52. The molecule has 1 N–H and O–H groups in total. The van der Waals surface area contributed by atoms with Gasteiger partial charge < -0.3 is 0 Å². The summed E-state index contributed by atoms with van der Waals surface area (Å²) in [6.45, 7) is 5.13. The molecule has 4 aliphatic carbocycles. The third kappa shape index (κ3) is 1.88. The lowest BCUT2D eigenvalue weighted by molar-refractivity contribution is -0.0982. The molecule has 1 unspecified atom stereocenters. The Morgan fingerprint density at radius 3 is 2.77 bits per heavy atom. The summed E-state index contributed by atoms with van der Waals surface area (Å²) in [6.07, 6.45) is 17.3. The van der Waals surface area contributed by atoms with Crippen LogP contribution in [0, 0.1) is 39.9 Å². The molecule has 6 atom stereocenters. The Kier molecular flexibility index (Phi) is 3.42. The summed E-state index contributed by atoms with van der Waals surface area (Å²) in [5.74, 6) is 6.31. The average Bonchev–Trinajstić information content (AvgIpc) is 2.84. The van der Waals surface area contributed by atoms with E-state index in [-0.39, 0.29) is 0 Å².